The Balaban J connectivity index is 1.95. The fraction of sp³-hybridized carbons (Fsp3) is 0.333. The largest absolute Gasteiger partial charge is 0.305 e. The molecule has 0 fully saturated rings. The molecule has 0 unspecified atom stereocenters. The summed E-state index contributed by atoms with van der Waals surface area (Å²) in [6, 6.07) is 11.3. The van der Waals surface area contributed by atoms with Gasteiger partial charge < -0.3 is 5.32 Å². The first-order valence-corrected chi connectivity index (χ1v) is 7.72. The Bertz CT molecular complexity index is 496. The molecule has 1 aromatic carbocycles. The van der Waals surface area contributed by atoms with Crippen molar-refractivity contribution in [1.82, 2.24) is 5.32 Å². The molecule has 3 heteroatoms. The molecule has 0 radical (unpaired) electrons. The van der Waals surface area contributed by atoms with Crippen LogP contribution in [-0.4, -0.2) is 0 Å². The summed E-state index contributed by atoms with van der Waals surface area (Å²) in [7, 11) is 0. The van der Waals surface area contributed by atoms with E-state index in [9.17, 15) is 0 Å². The Morgan fingerprint density at radius 2 is 1.89 bits per heavy atom. The van der Waals surface area contributed by atoms with E-state index in [0.29, 0.717) is 6.04 Å². The van der Waals surface area contributed by atoms with Gasteiger partial charge in [-0.1, -0.05) is 29.8 Å². The highest BCUT2D eigenvalue weighted by Crippen LogP contribution is 2.26. The third kappa shape index (κ3) is 3.44. The highest BCUT2D eigenvalue weighted by molar-refractivity contribution is 9.10. The van der Waals surface area contributed by atoms with Crippen molar-refractivity contribution in [2.45, 2.75) is 33.4 Å². The summed E-state index contributed by atoms with van der Waals surface area (Å²) in [5, 5.41) is 3.56. The standard InChI is InChI=1S/C15H18BrNS/c1-10-4-6-13(7-5-10)11(2)17-9-14-8-15(16)12(3)18-14/h4-8,11,17H,9H2,1-3H3/t11-/m1/s1. The summed E-state index contributed by atoms with van der Waals surface area (Å²) in [4.78, 5) is 2.72. The van der Waals surface area contributed by atoms with Crippen molar-refractivity contribution < 1.29 is 0 Å². The van der Waals surface area contributed by atoms with Crippen molar-refractivity contribution in [3.63, 3.8) is 0 Å². The van der Waals surface area contributed by atoms with Crippen LogP contribution < -0.4 is 5.32 Å². The third-order valence-corrected chi connectivity index (χ3v) is 5.20. The molecule has 0 aliphatic carbocycles. The van der Waals surface area contributed by atoms with Gasteiger partial charge in [-0.3, -0.25) is 0 Å². The maximum absolute atomic E-state index is 3.56. The van der Waals surface area contributed by atoms with E-state index in [4.69, 9.17) is 0 Å². The average Bonchev–Trinajstić information content (AvgIpc) is 2.67. The van der Waals surface area contributed by atoms with Gasteiger partial charge in [0, 0.05) is 26.8 Å². The number of benzene rings is 1. The second-order valence-corrected chi connectivity index (χ2v) is 6.83. The van der Waals surface area contributed by atoms with E-state index >= 15 is 0 Å². The van der Waals surface area contributed by atoms with Crippen molar-refractivity contribution in [2.75, 3.05) is 0 Å². The Morgan fingerprint density at radius 1 is 1.22 bits per heavy atom. The summed E-state index contributed by atoms with van der Waals surface area (Å²) in [5.74, 6) is 0. The third-order valence-electron chi connectivity index (χ3n) is 3.07. The number of aryl methyl sites for hydroxylation is 2. The van der Waals surface area contributed by atoms with Crippen LogP contribution in [0.15, 0.2) is 34.8 Å². The lowest BCUT2D eigenvalue weighted by molar-refractivity contribution is 0.579. The van der Waals surface area contributed by atoms with Crippen LogP contribution in [0.25, 0.3) is 0 Å². The Labute approximate surface area is 121 Å². The van der Waals surface area contributed by atoms with Crippen LogP contribution in [0.5, 0.6) is 0 Å². The first-order valence-electron chi connectivity index (χ1n) is 6.11. The maximum Gasteiger partial charge on any atom is 0.0314 e. The number of hydrogen-bond donors (Lipinski definition) is 1. The first kappa shape index (κ1) is 13.8. The lowest BCUT2D eigenvalue weighted by atomic mass is 10.1. The van der Waals surface area contributed by atoms with Gasteiger partial charge >= 0.3 is 0 Å². The number of hydrogen-bond acceptors (Lipinski definition) is 2. The summed E-state index contributed by atoms with van der Waals surface area (Å²) in [6.45, 7) is 7.39. The molecule has 1 aromatic heterocycles. The highest BCUT2D eigenvalue weighted by atomic mass is 79.9. The normalized spacial score (nSPS) is 12.7. The number of thiophene rings is 1. The van der Waals surface area contributed by atoms with E-state index in [-0.39, 0.29) is 0 Å². The van der Waals surface area contributed by atoms with Gasteiger partial charge in [-0.05, 0) is 48.3 Å². The van der Waals surface area contributed by atoms with Crippen LogP contribution in [0.3, 0.4) is 0 Å². The molecule has 2 aromatic rings. The van der Waals surface area contributed by atoms with Crippen LogP contribution >= 0.6 is 27.3 Å². The Morgan fingerprint density at radius 3 is 2.44 bits per heavy atom. The molecule has 0 saturated heterocycles. The van der Waals surface area contributed by atoms with Gasteiger partial charge in [0.15, 0.2) is 0 Å². The van der Waals surface area contributed by atoms with E-state index in [1.54, 1.807) is 0 Å². The SMILES string of the molecule is Cc1ccc([C@@H](C)NCc2cc(Br)c(C)s2)cc1. The molecule has 0 spiro atoms. The van der Waals surface area contributed by atoms with E-state index in [2.05, 4.69) is 72.3 Å². The first-order chi connectivity index (χ1) is 8.56. The minimum atomic E-state index is 0.381. The molecule has 0 saturated carbocycles. The van der Waals surface area contributed by atoms with Gasteiger partial charge in [0.25, 0.3) is 0 Å². The predicted octanol–water partition coefficient (Wildman–Crippen LogP) is 4.98. The Hall–Kier alpha value is -0.640. The molecule has 1 N–H and O–H groups in total. The molecule has 0 aliphatic rings. The Kier molecular flexibility index (Phi) is 4.60. The van der Waals surface area contributed by atoms with Gasteiger partial charge in [-0.25, -0.2) is 0 Å². The molecule has 2 rings (SSSR count). The maximum atomic E-state index is 3.56. The summed E-state index contributed by atoms with van der Waals surface area (Å²) >= 11 is 5.40. The van der Waals surface area contributed by atoms with Crippen molar-refractivity contribution in [2.24, 2.45) is 0 Å². The molecular weight excluding hydrogens is 306 g/mol. The van der Waals surface area contributed by atoms with Gasteiger partial charge in [0.05, 0.1) is 0 Å². The topological polar surface area (TPSA) is 12.0 Å². The molecule has 0 bridgehead atoms. The number of halogens is 1. The molecule has 0 aliphatic heterocycles. The summed E-state index contributed by atoms with van der Waals surface area (Å²) < 4.78 is 1.22. The van der Waals surface area contributed by atoms with Crippen molar-refractivity contribution >= 4 is 27.3 Å². The van der Waals surface area contributed by atoms with Gasteiger partial charge in [0.2, 0.25) is 0 Å². The lowest BCUT2D eigenvalue weighted by Crippen LogP contribution is -2.17. The van der Waals surface area contributed by atoms with Crippen LogP contribution in [0.4, 0.5) is 0 Å². The fourth-order valence-electron chi connectivity index (χ4n) is 1.83. The van der Waals surface area contributed by atoms with Gasteiger partial charge in [-0.2, -0.15) is 0 Å². The van der Waals surface area contributed by atoms with Crippen LogP contribution in [-0.2, 0) is 6.54 Å². The van der Waals surface area contributed by atoms with E-state index < -0.39 is 0 Å². The number of nitrogens with one attached hydrogen (secondary N) is 1. The molecule has 1 nitrogen and oxygen atoms in total. The fourth-order valence-corrected chi connectivity index (χ4v) is 3.38. The zero-order valence-electron chi connectivity index (χ0n) is 11.0. The zero-order valence-corrected chi connectivity index (χ0v) is 13.4. The smallest absolute Gasteiger partial charge is 0.0314 e. The highest BCUT2D eigenvalue weighted by Gasteiger charge is 2.07. The predicted molar refractivity (Wildman–Crippen MR) is 83.2 cm³/mol. The minimum Gasteiger partial charge on any atom is -0.305 e. The molecular formula is C15H18BrNS. The van der Waals surface area contributed by atoms with E-state index in [1.165, 1.54) is 25.4 Å². The van der Waals surface area contributed by atoms with E-state index in [0.717, 1.165) is 6.54 Å². The van der Waals surface area contributed by atoms with Crippen LogP contribution in [0, 0.1) is 13.8 Å². The number of rotatable bonds is 4. The monoisotopic (exact) mass is 323 g/mol. The quantitative estimate of drug-likeness (QED) is 0.836. The molecule has 96 valence electrons. The zero-order chi connectivity index (χ0) is 13.1. The minimum absolute atomic E-state index is 0.381. The molecule has 1 heterocycles. The molecule has 1 atom stereocenters. The molecule has 18 heavy (non-hydrogen) atoms. The van der Waals surface area contributed by atoms with Crippen LogP contribution in [0.2, 0.25) is 0 Å². The molecule has 0 amide bonds. The van der Waals surface area contributed by atoms with E-state index in [1.807, 2.05) is 11.3 Å². The van der Waals surface area contributed by atoms with Gasteiger partial charge in [-0.15, -0.1) is 11.3 Å². The summed E-state index contributed by atoms with van der Waals surface area (Å²) in [6.07, 6.45) is 0. The average molecular weight is 324 g/mol. The second kappa shape index (κ2) is 6.00. The van der Waals surface area contributed by atoms with Crippen molar-refractivity contribution in [3.05, 3.63) is 55.7 Å². The van der Waals surface area contributed by atoms with Crippen LogP contribution in [0.1, 0.15) is 33.8 Å². The van der Waals surface area contributed by atoms with Crippen molar-refractivity contribution in [3.8, 4) is 0 Å². The lowest BCUT2D eigenvalue weighted by Gasteiger charge is -2.13. The summed E-state index contributed by atoms with van der Waals surface area (Å²) in [5.41, 5.74) is 2.65. The van der Waals surface area contributed by atoms with Crippen molar-refractivity contribution in [1.29, 1.82) is 0 Å². The second-order valence-electron chi connectivity index (χ2n) is 4.63. The van der Waals surface area contributed by atoms with Gasteiger partial charge in [0.1, 0.15) is 0 Å².